The van der Waals surface area contributed by atoms with Gasteiger partial charge in [-0.25, -0.2) is 8.42 Å². The van der Waals surface area contributed by atoms with Crippen LogP contribution in [0.4, 0.5) is 0 Å². The van der Waals surface area contributed by atoms with Crippen molar-refractivity contribution in [3.05, 3.63) is 65.7 Å². The Morgan fingerprint density at radius 1 is 1.00 bits per heavy atom. The number of hydrogen-bond acceptors (Lipinski definition) is 3. The Morgan fingerprint density at radius 2 is 1.72 bits per heavy atom. The van der Waals surface area contributed by atoms with Gasteiger partial charge in [0.25, 0.3) is 0 Å². The first kappa shape index (κ1) is 12.3. The van der Waals surface area contributed by atoms with Gasteiger partial charge in [0.05, 0.1) is 22.3 Å². The third-order valence-electron chi connectivity index (χ3n) is 2.52. The summed E-state index contributed by atoms with van der Waals surface area (Å²) in [4.78, 5) is 0.298. The number of hydrogen-bond donors (Lipinski definition) is 0. The molecule has 0 saturated carbocycles. The lowest BCUT2D eigenvalue weighted by Crippen LogP contribution is -2.04. The molecule has 0 unspecified atom stereocenters. The number of nitriles is 1. The van der Waals surface area contributed by atoms with E-state index in [-0.39, 0.29) is 5.75 Å². The van der Waals surface area contributed by atoms with Gasteiger partial charge in [0.1, 0.15) is 0 Å². The Balaban J connectivity index is 2.32. The molecule has 0 radical (unpaired) electrons. The van der Waals surface area contributed by atoms with Gasteiger partial charge in [0, 0.05) is 0 Å². The van der Waals surface area contributed by atoms with E-state index in [1.807, 2.05) is 6.07 Å². The topological polar surface area (TPSA) is 57.9 Å². The number of benzene rings is 2. The van der Waals surface area contributed by atoms with Gasteiger partial charge in [-0.1, -0.05) is 30.3 Å². The molecule has 0 aromatic heterocycles. The van der Waals surface area contributed by atoms with Crippen molar-refractivity contribution < 1.29 is 8.42 Å². The van der Waals surface area contributed by atoms with Crippen LogP contribution in [-0.4, -0.2) is 8.42 Å². The summed E-state index contributed by atoms with van der Waals surface area (Å²) in [5, 5.41) is 8.78. The SMILES string of the molecule is N#Cc1cccc(CS(=O)(=O)c2ccccc2)c1. The summed E-state index contributed by atoms with van der Waals surface area (Å²) < 4.78 is 24.2. The Kier molecular flexibility index (Phi) is 3.45. The molecule has 2 aromatic carbocycles. The second kappa shape index (κ2) is 5.03. The minimum atomic E-state index is -3.35. The monoisotopic (exact) mass is 257 g/mol. The molecule has 0 spiro atoms. The summed E-state index contributed by atoms with van der Waals surface area (Å²) in [6, 6.07) is 17.0. The molecule has 3 nitrogen and oxygen atoms in total. The van der Waals surface area contributed by atoms with Gasteiger partial charge < -0.3 is 0 Å². The first-order valence-electron chi connectivity index (χ1n) is 5.39. The van der Waals surface area contributed by atoms with Crippen LogP contribution in [0.15, 0.2) is 59.5 Å². The van der Waals surface area contributed by atoms with Crippen molar-refractivity contribution >= 4 is 9.84 Å². The maximum Gasteiger partial charge on any atom is 0.182 e. The molecule has 90 valence electrons. The molecule has 4 heteroatoms. The first-order chi connectivity index (χ1) is 8.62. The summed E-state index contributed by atoms with van der Waals surface area (Å²) in [6.45, 7) is 0. The largest absolute Gasteiger partial charge is 0.223 e. The lowest BCUT2D eigenvalue weighted by atomic mass is 10.2. The van der Waals surface area contributed by atoms with Crippen LogP contribution in [0.25, 0.3) is 0 Å². The van der Waals surface area contributed by atoms with E-state index in [0.29, 0.717) is 16.0 Å². The summed E-state index contributed by atoms with van der Waals surface area (Å²) >= 11 is 0. The standard InChI is InChI=1S/C14H11NO2S/c15-10-12-5-4-6-13(9-12)11-18(16,17)14-7-2-1-3-8-14/h1-9H,11H2. The minimum Gasteiger partial charge on any atom is -0.223 e. The predicted octanol–water partition coefficient (Wildman–Crippen LogP) is 2.53. The van der Waals surface area contributed by atoms with Crippen molar-refractivity contribution in [2.75, 3.05) is 0 Å². The Hall–Kier alpha value is -2.12. The second-order valence-corrected chi connectivity index (χ2v) is 5.87. The van der Waals surface area contributed by atoms with E-state index in [4.69, 9.17) is 5.26 Å². The van der Waals surface area contributed by atoms with Crippen LogP contribution in [0, 0.1) is 11.3 Å². The van der Waals surface area contributed by atoms with Crippen LogP contribution in [0.5, 0.6) is 0 Å². The molecule has 0 heterocycles. The maximum atomic E-state index is 12.1. The molecule has 0 aliphatic heterocycles. The number of rotatable bonds is 3. The van der Waals surface area contributed by atoms with E-state index in [1.165, 1.54) is 0 Å². The molecule has 0 saturated heterocycles. The van der Waals surface area contributed by atoms with Crippen molar-refractivity contribution in [3.63, 3.8) is 0 Å². The molecule has 0 aliphatic rings. The van der Waals surface area contributed by atoms with Crippen LogP contribution < -0.4 is 0 Å². The Morgan fingerprint density at radius 3 is 2.39 bits per heavy atom. The predicted molar refractivity (Wildman–Crippen MR) is 68.5 cm³/mol. The smallest absolute Gasteiger partial charge is 0.182 e. The highest BCUT2D eigenvalue weighted by atomic mass is 32.2. The van der Waals surface area contributed by atoms with Crippen LogP contribution in [0.1, 0.15) is 11.1 Å². The Labute approximate surface area is 106 Å². The van der Waals surface area contributed by atoms with Crippen molar-refractivity contribution in [3.8, 4) is 6.07 Å². The fourth-order valence-corrected chi connectivity index (χ4v) is 3.02. The van der Waals surface area contributed by atoms with Crippen molar-refractivity contribution in [1.82, 2.24) is 0 Å². The van der Waals surface area contributed by atoms with Crippen LogP contribution in [-0.2, 0) is 15.6 Å². The second-order valence-electron chi connectivity index (χ2n) is 3.88. The molecule has 0 aliphatic carbocycles. The number of nitrogens with zero attached hydrogens (tertiary/aromatic N) is 1. The molecular formula is C14H11NO2S. The summed E-state index contributed by atoms with van der Waals surface area (Å²) in [6.07, 6.45) is 0. The van der Waals surface area contributed by atoms with Gasteiger partial charge in [-0.2, -0.15) is 5.26 Å². The third-order valence-corrected chi connectivity index (χ3v) is 4.22. The molecule has 0 bridgehead atoms. The van der Waals surface area contributed by atoms with Crippen molar-refractivity contribution in [2.45, 2.75) is 10.6 Å². The normalized spacial score (nSPS) is 10.8. The van der Waals surface area contributed by atoms with E-state index in [1.54, 1.807) is 54.6 Å². The van der Waals surface area contributed by atoms with Crippen LogP contribution in [0.3, 0.4) is 0 Å². The lowest BCUT2D eigenvalue weighted by Gasteiger charge is -2.04. The van der Waals surface area contributed by atoms with Gasteiger partial charge >= 0.3 is 0 Å². The molecule has 0 amide bonds. The van der Waals surface area contributed by atoms with Gasteiger partial charge in [-0.05, 0) is 29.8 Å². The van der Waals surface area contributed by atoms with E-state index >= 15 is 0 Å². The van der Waals surface area contributed by atoms with Crippen molar-refractivity contribution in [2.24, 2.45) is 0 Å². The fraction of sp³-hybridized carbons (Fsp3) is 0.0714. The highest BCUT2D eigenvalue weighted by Gasteiger charge is 2.14. The van der Waals surface area contributed by atoms with E-state index in [0.717, 1.165) is 0 Å². The molecule has 18 heavy (non-hydrogen) atoms. The van der Waals surface area contributed by atoms with Crippen LogP contribution in [0.2, 0.25) is 0 Å². The Bertz CT molecular complexity index is 685. The third kappa shape index (κ3) is 2.76. The summed E-state index contributed by atoms with van der Waals surface area (Å²) in [7, 11) is -3.35. The van der Waals surface area contributed by atoms with Crippen molar-refractivity contribution in [1.29, 1.82) is 5.26 Å². The molecule has 0 atom stereocenters. The lowest BCUT2D eigenvalue weighted by molar-refractivity contribution is 0.595. The minimum absolute atomic E-state index is 0.0907. The van der Waals surface area contributed by atoms with E-state index < -0.39 is 9.84 Å². The van der Waals surface area contributed by atoms with Gasteiger partial charge in [0.2, 0.25) is 0 Å². The summed E-state index contributed by atoms with van der Waals surface area (Å²) in [5.41, 5.74) is 1.09. The van der Waals surface area contributed by atoms with Gasteiger partial charge in [-0.15, -0.1) is 0 Å². The number of sulfone groups is 1. The zero-order valence-corrected chi connectivity index (χ0v) is 10.4. The fourth-order valence-electron chi connectivity index (χ4n) is 1.66. The van der Waals surface area contributed by atoms with E-state index in [2.05, 4.69) is 0 Å². The first-order valence-corrected chi connectivity index (χ1v) is 7.04. The zero-order chi connectivity index (χ0) is 13.0. The quantitative estimate of drug-likeness (QED) is 0.849. The highest BCUT2D eigenvalue weighted by Crippen LogP contribution is 2.16. The highest BCUT2D eigenvalue weighted by molar-refractivity contribution is 7.90. The summed E-state index contributed by atoms with van der Waals surface area (Å²) in [5.74, 6) is -0.0907. The maximum absolute atomic E-state index is 12.1. The van der Waals surface area contributed by atoms with Gasteiger partial charge in [-0.3, -0.25) is 0 Å². The molecule has 2 rings (SSSR count). The van der Waals surface area contributed by atoms with Gasteiger partial charge in [0.15, 0.2) is 9.84 Å². The molecule has 0 N–H and O–H groups in total. The van der Waals surface area contributed by atoms with Crippen LogP contribution >= 0.6 is 0 Å². The molecule has 2 aromatic rings. The molecular weight excluding hydrogens is 246 g/mol. The molecule has 0 fully saturated rings. The average Bonchev–Trinajstić information content (AvgIpc) is 2.39. The average molecular weight is 257 g/mol. The zero-order valence-electron chi connectivity index (χ0n) is 9.58. The van der Waals surface area contributed by atoms with E-state index in [9.17, 15) is 8.42 Å².